The Bertz CT molecular complexity index is 558. The smallest absolute Gasteiger partial charge is 0.217 e. The SMILES string of the molecule is CC(=O)N[C@H]1CC[C@H]2[C@@H]3CCC4CC(=O)CC[C@]4(C)[C@H]3CC[C@]12C. The molecule has 0 spiro atoms. The van der Waals surface area contributed by atoms with Crippen LogP contribution in [0.2, 0.25) is 0 Å². The number of ketones is 1. The Labute approximate surface area is 146 Å². The molecule has 4 saturated carbocycles. The predicted molar refractivity (Wildman–Crippen MR) is 94.3 cm³/mol. The molecule has 134 valence electrons. The van der Waals surface area contributed by atoms with E-state index < -0.39 is 0 Å². The van der Waals surface area contributed by atoms with E-state index in [0.717, 1.165) is 43.4 Å². The van der Waals surface area contributed by atoms with Gasteiger partial charge in [0.1, 0.15) is 5.78 Å². The van der Waals surface area contributed by atoms with Crippen molar-refractivity contribution in [1.29, 1.82) is 0 Å². The first-order valence-electron chi connectivity index (χ1n) is 10.1. The molecular formula is C21H33NO2. The molecule has 1 unspecified atom stereocenters. The van der Waals surface area contributed by atoms with Crippen LogP contribution in [-0.4, -0.2) is 17.7 Å². The number of carbonyl (C=O) groups is 2. The molecule has 4 rings (SSSR count). The van der Waals surface area contributed by atoms with Gasteiger partial charge in [-0.2, -0.15) is 0 Å². The van der Waals surface area contributed by atoms with E-state index >= 15 is 0 Å². The molecule has 24 heavy (non-hydrogen) atoms. The summed E-state index contributed by atoms with van der Waals surface area (Å²) in [5.74, 6) is 3.66. The van der Waals surface area contributed by atoms with Crippen molar-refractivity contribution in [1.82, 2.24) is 5.32 Å². The van der Waals surface area contributed by atoms with Gasteiger partial charge in [-0.25, -0.2) is 0 Å². The van der Waals surface area contributed by atoms with Crippen LogP contribution in [0.3, 0.4) is 0 Å². The van der Waals surface area contributed by atoms with E-state index in [4.69, 9.17) is 0 Å². The summed E-state index contributed by atoms with van der Waals surface area (Å²) in [7, 11) is 0. The number of nitrogens with one attached hydrogen (secondary N) is 1. The van der Waals surface area contributed by atoms with E-state index in [-0.39, 0.29) is 5.91 Å². The largest absolute Gasteiger partial charge is 0.353 e. The monoisotopic (exact) mass is 331 g/mol. The number of hydrogen-bond donors (Lipinski definition) is 1. The van der Waals surface area contributed by atoms with Crippen molar-refractivity contribution in [3.05, 3.63) is 0 Å². The summed E-state index contributed by atoms with van der Waals surface area (Å²) in [6.45, 7) is 6.61. The maximum Gasteiger partial charge on any atom is 0.217 e. The lowest BCUT2D eigenvalue weighted by atomic mass is 9.45. The minimum absolute atomic E-state index is 0.130. The average molecular weight is 332 g/mol. The molecule has 4 aliphatic rings. The van der Waals surface area contributed by atoms with Crippen molar-refractivity contribution < 1.29 is 9.59 Å². The molecule has 0 aliphatic heterocycles. The summed E-state index contributed by atoms with van der Waals surface area (Å²) in [5, 5.41) is 3.26. The summed E-state index contributed by atoms with van der Waals surface area (Å²) < 4.78 is 0. The molecule has 0 aromatic rings. The van der Waals surface area contributed by atoms with Crippen LogP contribution >= 0.6 is 0 Å². The van der Waals surface area contributed by atoms with E-state index in [1.165, 1.54) is 32.1 Å². The van der Waals surface area contributed by atoms with Gasteiger partial charge < -0.3 is 5.32 Å². The topological polar surface area (TPSA) is 46.2 Å². The highest BCUT2D eigenvalue weighted by molar-refractivity contribution is 5.79. The highest BCUT2D eigenvalue weighted by Crippen LogP contribution is 2.65. The highest BCUT2D eigenvalue weighted by atomic mass is 16.1. The second kappa shape index (κ2) is 5.57. The van der Waals surface area contributed by atoms with Crippen LogP contribution < -0.4 is 5.32 Å². The van der Waals surface area contributed by atoms with Gasteiger partial charge in [0.2, 0.25) is 5.91 Å². The Morgan fingerprint density at radius 3 is 2.50 bits per heavy atom. The van der Waals surface area contributed by atoms with Crippen molar-refractivity contribution in [3.8, 4) is 0 Å². The second-order valence-electron chi connectivity index (χ2n) is 9.77. The summed E-state index contributed by atoms with van der Waals surface area (Å²) in [5.41, 5.74) is 0.685. The van der Waals surface area contributed by atoms with Crippen LogP contribution in [0.15, 0.2) is 0 Å². The van der Waals surface area contributed by atoms with Gasteiger partial charge in [-0.1, -0.05) is 13.8 Å². The molecule has 1 amide bonds. The minimum atomic E-state index is 0.130. The van der Waals surface area contributed by atoms with Gasteiger partial charge in [0.15, 0.2) is 0 Å². The Balaban J connectivity index is 1.58. The Kier molecular flexibility index (Phi) is 3.85. The van der Waals surface area contributed by atoms with Crippen molar-refractivity contribution >= 4 is 11.7 Å². The molecule has 7 atom stereocenters. The maximum atomic E-state index is 12.0. The number of carbonyl (C=O) groups excluding carboxylic acids is 2. The summed E-state index contributed by atoms with van der Waals surface area (Å²) in [6.07, 6.45) is 10.3. The van der Waals surface area contributed by atoms with Gasteiger partial charge in [0, 0.05) is 25.8 Å². The molecule has 3 nitrogen and oxygen atoms in total. The molecule has 1 N–H and O–H groups in total. The average Bonchev–Trinajstić information content (AvgIpc) is 2.84. The van der Waals surface area contributed by atoms with Crippen LogP contribution in [0, 0.1) is 34.5 Å². The third-order valence-corrected chi connectivity index (χ3v) is 8.86. The zero-order valence-corrected chi connectivity index (χ0v) is 15.6. The van der Waals surface area contributed by atoms with Crippen LogP contribution in [0.1, 0.15) is 78.6 Å². The van der Waals surface area contributed by atoms with Crippen molar-refractivity contribution in [2.75, 3.05) is 0 Å². The van der Waals surface area contributed by atoms with E-state index in [2.05, 4.69) is 19.2 Å². The molecule has 0 radical (unpaired) electrons. The van der Waals surface area contributed by atoms with Gasteiger partial charge in [-0.3, -0.25) is 9.59 Å². The van der Waals surface area contributed by atoms with E-state index in [9.17, 15) is 9.59 Å². The fourth-order valence-electron chi connectivity index (χ4n) is 7.53. The number of rotatable bonds is 1. The van der Waals surface area contributed by atoms with Crippen LogP contribution in [0.4, 0.5) is 0 Å². The highest BCUT2D eigenvalue weighted by Gasteiger charge is 2.60. The minimum Gasteiger partial charge on any atom is -0.353 e. The summed E-state index contributed by atoms with van der Waals surface area (Å²) in [6, 6.07) is 0.374. The Morgan fingerprint density at radius 2 is 1.75 bits per heavy atom. The molecule has 0 aromatic carbocycles. The van der Waals surface area contributed by atoms with Crippen molar-refractivity contribution in [2.45, 2.75) is 84.6 Å². The fourth-order valence-corrected chi connectivity index (χ4v) is 7.53. The lowest BCUT2D eigenvalue weighted by Gasteiger charge is -2.60. The second-order valence-corrected chi connectivity index (χ2v) is 9.77. The number of Topliss-reactive ketones (excluding diaryl/α,β-unsaturated/α-hetero) is 1. The summed E-state index contributed by atoms with van der Waals surface area (Å²) in [4.78, 5) is 23.6. The summed E-state index contributed by atoms with van der Waals surface area (Å²) >= 11 is 0. The fraction of sp³-hybridized carbons (Fsp3) is 0.905. The van der Waals surface area contributed by atoms with Crippen molar-refractivity contribution in [2.24, 2.45) is 34.5 Å². The molecular weight excluding hydrogens is 298 g/mol. The molecule has 3 heteroatoms. The van der Waals surface area contributed by atoms with E-state index in [0.29, 0.717) is 28.6 Å². The van der Waals surface area contributed by atoms with Gasteiger partial charge in [-0.15, -0.1) is 0 Å². The van der Waals surface area contributed by atoms with E-state index in [1.807, 2.05) is 0 Å². The zero-order chi connectivity index (χ0) is 17.1. The molecule has 0 saturated heterocycles. The number of fused-ring (bicyclic) bond motifs is 5. The van der Waals surface area contributed by atoms with E-state index in [1.54, 1.807) is 6.92 Å². The number of amides is 1. The quantitative estimate of drug-likeness (QED) is 0.786. The molecule has 4 fully saturated rings. The Hall–Kier alpha value is -0.860. The van der Waals surface area contributed by atoms with Crippen LogP contribution in [-0.2, 0) is 9.59 Å². The van der Waals surface area contributed by atoms with Gasteiger partial charge in [0.25, 0.3) is 0 Å². The van der Waals surface area contributed by atoms with Crippen LogP contribution in [0.25, 0.3) is 0 Å². The zero-order valence-electron chi connectivity index (χ0n) is 15.6. The Morgan fingerprint density at radius 1 is 1.00 bits per heavy atom. The van der Waals surface area contributed by atoms with Gasteiger partial charge >= 0.3 is 0 Å². The lowest BCUT2D eigenvalue weighted by molar-refractivity contribution is -0.139. The first-order valence-corrected chi connectivity index (χ1v) is 10.1. The normalized spacial score (nSPS) is 50.6. The molecule has 0 aromatic heterocycles. The molecule has 0 bridgehead atoms. The number of hydrogen-bond acceptors (Lipinski definition) is 2. The third kappa shape index (κ3) is 2.29. The van der Waals surface area contributed by atoms with Crippen LogP contribution in [0.5, 0.6) is 0 Å². The standard InChI is InChI=1S/C21H33NO2/c1-13(23)22-19-7-6-17-16-5-4-14-12-15(24)8-10-20(14,2)18(16)9-11-21(17,19)3/h14,16-19H,4-12H2,1-3H3,(H,22,23)/t14?,16-,17-,18-,19-,20-,21-/m0/s1. The maximum absolute atomic E-state index is 12.0. The first kappa shape index (κ1) is 16.6. The third-order valence-electron chi connectivity index (χ3n) is 8.86. The van der Waals surface area contributed by atoms with Crippen molar-refractivity contribution in [3.63, 3.8) is 0 Å². The molecule has 0 heterocycles. The predicted octanol–water partition coefficient (Wildman–Crippen LogP) is 4.10. The molecule has 4 aliphatic carbocycles. The lowest BCUT2D eigenvalue weighted by Crippen LogP contribution is -2.55. The van der Waals surface area contributed by atoms with Gasteiger partial charge in [-0.05, 0) is 79.4 Å². The van der Waals surface area contributed by atoms with Gasteiger partial charge in [0.05, 0.1) is 0 Å². The first-order chi connectivity index (χ1) is 11.3.